The van der Waals surface area contributed by atoms with Crippen LogP contribution in [0.1, 0.15) is 29.8 Å². The Bertz CT molecular complexity index is 406. The maximum absolute atomic E-state index is 12.2. The molecule has 1 aromatic rings. The fourth-order valence-electron chi connectivity index (χ4n) is 2.15. The van der Waals surface area contributed by atoms with Gasteiger partial charge >= 0.3 is 0 Å². The molecule has 0 amide bonds. The molecule has 1 heterocycles. The predicted octanol–water partition coefficient (Wildman–Crippen LogP) is 2.48. The quantitative estimate of drug-likeness (QED) is 0.768. The Balaban J connectivity index is 2.09. The summed E-state index contributed by atoms with van der Waals surface area (Å²) in [5, 5.41) is 0. The first-order valence-corrected chi connectivity index (χ1v) is 6.49. The summed E-state index contributed by atoms with van der Waals surface area (Å²) < 4.78 is 10.7. The van der Waals surface area contributed by atoms with Gasteiger partial charge in [-0.1, -0.05) is 32.0 Å². The average molecular weight is 248 g/mol. The molecule has 1 aliphatic heterocycles. The van der Waals surface area contributed by atoms with Crippen molar-refractivity contribution in [1.29, 1.82) is 0 Å². The van der Waals surface area contributed by atoms with Crippen molar-refractivity contribution in [1.82, 2.24) is 0 Å². The van der Waals surface area contributed by atoms with E-state index < -0.39 is 6.10 Å². The second-order valence-corrected chi connectivity index (χ2v) is 5.10. The molecular weight excluding hydrogens is 228 g/mol. The Labute approximate surface area is 108 Å². The first kappa shape index (κ1) is 13.2. The number of hydrogen-bond donors (Lipinski definition) is 0. The van der Waals surface area contributed by atoms with Crippen LogP contribution in [0.5, 0.6) is 0 Å². The molecule has 0 N–H and O–H groups in total. The van der Waals surface area contributed by atoms with Crippen molar-refractivity contribution < 1.29 is 14.3 Å². The third-order valence-corrected chi connectivity index (χ3v) is 2.96. The second-order valence-electron chi connectivity index (χ2n) is 5.10. The van der Waals surface area contributed by atoms with Gasteiger partial charge in [-0.3, -0.25) is 4.79 Å². The molecule has 0 spiro atoms. The maximum atomic E-state index is 12.2. The van der Waals surface area contributed by atoms with Gasteiger partial charge in [-0.25, -0.2) is 0 Å². The summed E-state index contributed by atoms with van der Waals surface area (Å²) in [6.45, 7) is 5.80. The van der Waals surface area contributed by atoms with Gasteiger partial charge < -0.3 is 9.47 Å². The molecule has 3 heteroatoms. The lowest BCUT2D eigenvalue weighted by Crippen LogP contribution is -2.35. The van der Waals surface area contributed by atoms with Crippen molar-refractivity contribution in [2.75, 3.05) is 19.8 Å². The fraction of sp³-hybridized carbons (Fsp3) is 0.533. The van der Waals surface area contributed by atoms with Crippen LogP contribution in [-0.4, -0.2) is 31.7 Å². The highest BCUT2D eigenvalue weighted by molar-refractivity contribution is 5.99. The lowest BCUT2D eigenvalue weighted by atomic mass is 9.98. The summed E-state index contributed by atoms with van der Waals surface area (Å²) in [4.78, 5) is 12.2. The highest BCUT2D eigenvalue weighted by Crippen LogP contribution is 2.14. The second kappa shape index (κ2) is 6.12. The van der Waals surface area contributed by atoms with E-state index in [-0.39, 0.29) is 5.78 Å². The minimum Gasteiger partial charge on any atom is -0.376 e. The van der Waals surface area contributed by atoms with E-state index in [9.17, 15) is 4.79 Å². The normalized spacial score (nSPS) is 20.1. The Hall–Kier alpha value is -1.19. The largest absolute Gasteiger partial charge is 0.376 e. The molecule has 1 atom stereocenters. The summed E-state index contributed by atoms with van der Waals surface area (Å²) in [7, 11) is 0. The zero-order chi connectivity index (χ0) is 13.0. The van der Waals surface area contributed by atoms with Crippen LogP contribution < -0.4 is 0 Å². The highest BCUT2D eigenvalue weighted by atomic mass is 16.6. The van der Waals surface area contributed by atoms with E-state index in [1.54, 1.807) is 0 Å². The monoisotopic (exact) mass is 248 g/mol. The maximum Gasteiger partial charge on any atom is 0.193 e. The zero-order valence-electron chi connectivity index (χ0n) is 11.0. The zero-order valence-corrected chi connectivity index (χ0v) is 11.0. The van der Waals surface area contributed by atoms with Crippen molar-refractivity contribution >= 4 is 5.78 Å². The Morgan fingerprint density at radius 1 is 1.39 bits per heavy atom. The summed E-state index contributed by atoms with van der Waals surface area (Å²) in [5.41, 5.74) is 1.93. The van der Waals surface area contributed by atoms with Crippen molar-refractivity contribution in [2.45, 2.75) is 26.4 Å². The van der Waals surface area contributed by atoms with Crippen molar-refractivity contribution in [3.8, 4) is 0 Å². The number of ether oxygens (including phenoxy) is 2. The van der Waals surface area contributed by atoms with Gasteiger partial charge in [-0.2, -0.15) is 0 Å². The molecule has 1 aliphatic rings. The summed E-state index contributed by atoms with van der Waals surface area (Å²) in [5.74, 6) is 0.616. The number of hydrogen-bond acceptors (Lipinski definition) is 3. The molecule has 1 saturated heterocycles. The first-order valence-electron chi connectivity index (χ1n) is 6.49. The van der Waals surface area contributed by atoms with Gasteiger partial charge in [0.25, 0.3) is 0 Å². The lowest BCUT2D eigenvalue weighted by molar-refractivity contribution is -0.0719. The van der Waals surface area contributed by atoms with Crippen LogP contribution in [-0.2, 0) is 15.9 Å². The molecule has 1 fully saturated rings. The number of benzene rings is 1. The van der Waals surface area contributed by atoms with Crippen molar-refractivity contribution in [3.63, 3.8) is 0 Å². The molecule has 98 valence electrons. The fourth-order valence-corrected chi connectivity index (χ4v) is 2.15. The van der Waals surface area contributed by atoms with Gasteiger partial charge in [0.1, 0.15) is 6.10 Å². The van der Waals surface area contributed by atoms with Crippen LogP contribution in [0.3, 0.4) is 0 Å². The van der Waals surface area contributed by atoms with E-state index in [1.165, 1.54) is 5.56 Å². The third kappa shape index (κ3) is 3.40. The number of carbonyl (C=O) groups is 1. The standard InChI is InChI=1S/C15H20O3/c1-11(2)8-12-4-3-5-13(9-12)15(16)14-10-17-6-7-18-14/h3-5,9,11,14H,6-8,10H2,1-2H3. The molecule has 0 radical (unpaired) electrons. The van der Waals surface area contributed by atoms with Gasteiger partial charge in [-0.05, 0) is 24.0 Å². The van der Waals surface area contributed by atoms with Crippen LogP contribution in [0.25, 0.3) is 0 Å². The van der Waals surface area contributed by atoms with E-state index in [0.29, 0.717) is 25.7 Å². The summed E-state index contributed by atoms with van der Waals surface area (Å²) in [6.07, 6.45) is 0.552. The topological polar surface area (TPSA) is 35.5 Å². The molecule has 2 rings (SSSR count). The molecule has 3 nitrogen and oxygen atoms in total. The number of Topliss-reactive ketones (excluding diaryl/α,β-unsaturated/α-hetero) is 1. The Morgan fingerprint density at radius 2 is 2.22 bits per heavy atom. The van der Waals surface area contributed by atoms with Gasteiger partial charge in [0.15, 0.2) is 5.78 Å². The van der Waals surface area contributed by atoms with Crippen molar-refractivity contribution in [3.05, 3.63) is 35.4 Å². The average Bonchev–Trinajstić information content (AvgIpc) is 2.38. The van der Waals surface area contributed by atoms with Gasteiger partial charge in [0.2, 0.25) is 0 Å². The molecule has 0 aliphatic carbocycles. The minimum absolute atomic E-state index is 0.0281. The molecule has 18 heavy (non-hydrogen) atoms. The Morgan fingerprint density at radius 3 is 2.89 bits per heavy atom. The third-order valence-electron chi connectivity index (χ3n) is 2.96. The number of rotatable bonds is 4. The van der Waals surface area contributed by atoms with Crippen LogP contribution in [0.2, 0.25) is 0 Å². The van der Waals surface area contributed by atoms with Crippen LogP contribution in [0.15, 0.2) is 24.3 Å². The smallest absolute Gasteiger partial charge is 0.193 e. The summed E-state index contributed by atoms with van der Waals surface area (Å²) in [6, 6.07) is 7.83. The predicted molar refractivity (Wildman–Crippen MR) is 69.9 cm³/mol. The molecule has 0 saturated carbocycles. The van der Waals surface area contributed by atoms with E-state index >= 15 is 0 Å². The Kier molecular flexibility index (Phi) is 4.50. The summed E-state index contributed by atoms with van der Waals surface area (Å²) >= 11 is 0. The van der Waals surface area contributed by atoms with E-state index in [1.807, 2.05) is 18.2 Å². The molecule has 1 aromatic carbocycles. The van der Waals surface area contributed by atoms with Crippen molar-refractivity contribution in [2.24, 2.45) is 5.92 Å². The van der Waals surface area contributed by atoms with E-state index in [0.717, 1.165) is 12.0 Å². The number of carbonyl (C=O) groups excluding carboxylic acids is 1. The molecule has 0 bridgehead atoms. The van der Waals surface area contributed by atoms with Crippen LogP contribution in [0.4, 0.5) is 0 Å². The first-order chi connectivity index (χ1) is 8.66. The molecule has 1 unspecified atom stereocenters. The van der Waals surface area contributed by atoms with Gasteiger partial charge in [-0.15, -0.1) is 0 Å². The van der Waals surface area contributed by atoms with Crippen LogP contribution in [0, 0.1) is 5.92 Å². The van der Waals surface area contributed by atoms with E-state index in [2.05, 4.69) is 19.9 Å². The van der Waals surface area contributed by atoms with Crippen LogP contribution >= 0.6 is 0 Å². The molecule has 0 aromatic heterocycles. The van der Waals surface area contributed by atoms with Gasteiger partial charge in [0, 0.05) is 5.56 Å². The molecular formula is C15H20O3. The van der Waals surface area contributed by atoms with Gasteiger partial charge in [0.05, 0.1) is 19.8 Å². The lowest BCUT2D eigenvalue weighted by Gasteiger charge is -2.22. The SMILES string of the molecule is CC(C)Cc1cccc(C(=O)C2COCCO2)c1. The van der Waals surface area contributed by atoms with E-state index in [4.69, 9.17) is 9.47 Å². The minimum atomic E-state index is -0.437. The highest BCUT2D eigenvalue weighted by Gasteiger charge is 2.23. The number of ketones is 1.